The van der Waals surface area contributed by atoms with Crippen molar-refractivity contribution in [3.8, 4) is 0 Å². The summed E-state index contributed by atoms with van der Waals surface area (Å²) in [5.74, 6) is 0. The first-order valence-corrected chi connectivity index (χ1v) is 4.70. The van der Waals surface area contributed by atoms with Gasteiger partial charge in [0.1, 0.15) is 0 Å². The molecule has 1 rings (SSSR count). The Kier molecular flexibility index (Phi) is 4.62. The van der Waals surface area contributed by atoms with Crippen molar-refractivity contribution in [1.29, 1.82) is 0 Å². The van der Waals surface area contributed by atoms with E-state index in [0.29, 0.717) is 13.2 Å². The molecule has 1 fully saturated rings. The van der Waals surface area contributed by atoms with E-state index >= 15 is 0 Å². The van der Waals surface area contributed by atoms with Crippen LogP contribution in [0, 0.1) is 13.8 Å². The summed E-state index contributed by atoms with van der Waals surface area (Å²) in [5, 5.41) is 0. The predicted molar refractivity (Wildman–Crippen MR) is 48.7 cm³/mol. The van der Waals surface area contributed by atoms with Crippen molar-refractivity contribution in [1.82, 2.24) is 0 Å². The Bertz CT molecular complexity index is 96.4. The number of hydrogen-bond donors (Lipinski definition) is 0. The summed E-state index contributed by atoms with van der Waals surface area (Å²) in [5.41, 5.74) is 0. The fourth-order valence-electron chi connectivity index (χ4n) is 1.75. The molecule has 2 radical (unpaired) electrons. The third-order valence-electron chi connectivity index (χ3n) is 2.31. The highest BCUT2D eigenvalue weighted by Crippen LogP contribution is 2.23. The van der Waals surface area contributed by atoms with E-state index in [1.165, 1.54) is 12.8 Å². The summed E-state index contributed by atoms with van der Waals surface area (Å²) >= 11 is 0. The van der Waals surface area contributed by atoms with Crippen molar-refractivity contribution < 1.29 is 9.47 Å². The molecule has 0 N–H and O–H groups in total. The molecular weight excluding hydrogens is 152 g/mol. The Balaban J connectivity index is 2.31. The molecule has 0 saturated heterocycles. The quantitative estimate of drug-likeness (QED) is 0.642. The molecule has 0 amide bonds. The highest BCUT2D eigenvalue weighted by atomic mass is 16.5. The van der Waals surface area contributed by atoms with E-state index in [1.807, 2.05) is 0 Å². The van der Waals surface area contributed by atoms with Crippen LogP contribution in [0.25, 0.3) is 0 Å². The Labute approximate surface area is 75.2 Å². The van der Waals surface area contributed by atoms with Crippen molar-refractivity contribution in [2.24, 2.45) is 0 Å². The Morgan fingerprint density at radius 1 is 0.917 bits per heavy atom. The van der Waals surface area contributed by atoms with Crippen molar-refractivity contribution >= 4 is 0 Å². The summed E-state index contributed by atoms with van der Waals surface area (Å²) in [7, 11) is 0. The van der Waals surface area contributed by atoms with Gasteiger partial charge in [-0.1, -0.05) is 12.8 Å². The van der Waals surface area contributed by atoms with Gasteiger partial charge in [0.25, 0.3) is 0 Å². The van der Waals surface area contributed by atoms with Crippen LogP contribution in [0.1, 0.15) is 25.7 Å². The van der Waals surface area contributed by atoms with Crippen LogP contribution in [-0.4, -0.2) is 25.4 Å². The first kappa shape index (κ1) is 10.0. The zero-order chi connectivity index (χ0) is 8.81. The summed E-state index contributed by atoms with van der Waals surface area (Å²) in [6, 6.07) is 0. The van der Waals surface area contributed by atoms with Gasteiger partial charge in [0.15, 0.2) is 0 Å². The zero-order valence-corrected chi connectivity index (χ0v) is 7.63. The van der Waals surface area contributed by atoms with Crippen LogP contribution < -0.4 is 0 Å². The monoisotopic (exact) mass is 170 g/mol. The number of hydrogen-bond acceptors (Lipinski definition) is 2. The SMILES string of the molecule is [CH2]COC1CCCCC1OC[CH2]. The van der Waals surface area contributed by atoms with Crippen molar-refractivity contribution in [3.05, 3.63) is 13.8 Å². The van der Waals surface area contributed by atoms with E-state index in [1.54, 1.807) is 0 Å². The van der Waals surface area contributed by atoms with E-state index in [4.69, 9.17) is 9.47 Å². The van der Waals surface area contributed by atoms with E-state index in [2.05, 4.69) is 13.8 Å². The molecule has 1 aliphatic carbocycles. The van der Waals surface area contributed by atoms with E-state index < -0.39 is 0 Å². The van der Waals surface area contributed by atoms with Crippen molar-refractivity contribution in [3.63, 3.8) is 0 Å². The summed E-state index contributed by atoms with van der Waals surface area (Å²) < 4.78 is 11.0. The summed E-state index contributed by atoms with van der Waals surface area (Å²) in [6.07, 6.45) is 5.25. The second kappa shape index (κ2) is 5.55. The molecule has 2 atom stereocenters. The minimum atomic E-state index is 0.262. The molecule has 1 aliphatic rings. The van der Waals surface area contributed by atoms with Gasteiger partial charge in [0.05, 0.1) is 12.2 Å². The van der Waals surface area contributed by atoms with Gasteiger partial charge in [-0.3, -0.25) is 0 Å². The third-order valence-corrected chi connectivity index (χ3v) is 2.31. The highest BCUT2D eigenvalue weighted by Gasteiger charge is 2.25. The van der Waals surface area contributed by atoms with Crippen LogP contribution in [-0.2, 0) is 9.47 Å². The predicted octanol–water partition coefficient (Wildman–Crippen LogP) is 2.00. The topological polar surface area (TPSA) is 18.5 Å². The normalized spacial score (nSPS) is 30.5. The maximum absolute atomic E-state index is 5.48. The molecule has 1 saturated carbocycles. The van der Waals surface area contributed by atoms with E-state index in [0.717, 1.165) is 12.8 Å². The fraction of sp³-hybridized carbons (Fsp3) is 0.800. The van der Waals surface area contributed by atoms with E-state index in [-0.39, 0.29) is 12.2 Å². The summed E-state index contributed by atoms with van der Waals surface area (Å²) in [4.78, 5) is 0. The molecular formula is C10H18O2. The molecule has 0 aromatic heterocycles. The standard InChI is InChI=1S/C10H18O2/c1-3-11-9-7-5-6-8-10(9)12-4-2/h9-10H,1-8H2. The Morgan fingerprint density at radius 2 is 1.33 bits per heavy atom. The second-order valence-electron chi connectivity index (χ2n) is 3.10. The lowest BCUT2D eigenvalue weighted by Crippen LogP contribution is -2.34. The Hall–Kier alpha value is -0.0800. The third kappa shape index (κ3) is 2.76. The van der Waals surface area contributed by atoms with Gasteiger partial charge in [-0.25, -0.2) is 0 Å². The van der Waals surface area contributed by atoms with Crippen LogP contribution in [0.5, 0.6) is 0 Å². The average molecular weight is 170 g/mol. The maximum atomic E-state index is 5.48. The number of ether oxygens (including phenoxy) is 2. The molecule has 0 aromatic rings. The van der Waals surface area contributed by atoms with Gasteiger partial charge in [0.2, 0.25) is 0 Å². The molecule has 0 bridgehead atoms. The molecule has 0 heterocycles. The van der Waals surface area contributed by atoms with E-state index in [9.17, 15) is 0 Å². The summed E-state index contributed by atoms with van der Waals surface area (Å²) in [6.45, 7) is 8.45. The van der Waals surface area contributed by atoms with Crippen LogP contribution >= 0.6 is 0 Å². The van der Waals surface area contributed by atoms with Gasteiger partial charge in [-0.2, -0.15) is 0 Å². The lowest BCUT2D eigenvalue weighted by Gasteiger charge is -2.30. The van der Waals surface area contributed by atoms with Crippen LogP contribution in [0.3, 0.4) is 0 Å². The molecule has 12 heavy (non-hydrogen) atoms. The lowest BCUT2D eigenvalue weighted by molar-refractivity contribution is -0.0791. The molecule has 0 aliphatic heterocycles. The smallest absolute Gasteiger partial charge is 0.0836 e. The van der Waals surface area contributed by atoms with Crippen LogP contribution in [0.4, 0.5) is 0 Å². The zero-order valence-electron chi connectivity index (χ0n) is 7.63. The van der Waals surface area contributed by atoms with Gasteiger partial charge in [-0.05, 0) is 26.7 Å². The molecule has 2 heteroatoms. The van der Waals surface area contributed by atoms with Gasteiger partial charge >= 0.3 is 0 Å². The second-order valence-corrected chi connectivity index (χ2v) is 3.10. The molecule has 2 unspecified atom stereocenters. The molecule has 0 spiro atoms. The van der Waals surface area contributed by atoms with Gasteiger partial charge in [-0.15, -0.1) is 0 Å². The first-order chi connectivity index (χ1) is 5.88. The fourth-order valence-corrected chi connectivity index (χ4v) is 1.75. The number of rotatable bonds is 4. The van der Waals surface area contributed by atoms with Crippen LogP contribution in [0.2, 0.25) is 0 Å². The average Bonchev–Trinajstić information content (AvgIpc) is 2.09. The largest absolute Gasteiger partial charge is 0.376 e. The first-order valence-electron chi connectivity index (χ1n) is 4.70. The lowest BCUT2D eigenvalue weighted by atomic mass is 9.94. The van der Waals surface area contributed by atoms with Gasteiger partial charge < -0.3 is 9.47 Å². The molecule has 70 valence electrons. The molecule has 2 nitrogen and oxygen atoms in total. The van der Waals surface area contributed by atoms with Crippen molar-refractivity contribution in [2.45, 2.75) is 37.9 Å². The van der Waals surface area contributed by atoms with Gasteiger partial charge in [0, 0.05) is 13.2 Å². The van der Waals surface area contributed by atoms with Crippen molar-refractivity contribution in [2.75, 3.05) is 13.2 Å². The maximum Gasteiger partial charge on any atom is 0.0836 e. The molecule has 0 aromatic carbocycles. The highest BCUT2D eigenvalue weighted by molar-refractivity contribution is 4.76. The van der Waals surface area contributed by atoms with Crippen LogP contribution in [0.15, 0.2) is 0 Å². The Morgan fingerprint density at radius 3 is 1.67 bits per heavy atom. The minimum absolute atomic E-state index is 0.262. The minimum Gasteiger partial charge on any atom is -0.376 e.